The zero-order valence-electron chi connectivity index (χ0n) is 8.48. The first-order valence-electron chi connectivity index (χ1n) is 4.63. The number of benzene rings is 1. The second-order valence-electron chi connectivity index (χ2n) is 3.16. The fourth-order valence-corrected chi connectivity index (χ4v) is 1.76. The highest BCUT2D eigenvalue weighted by Gasteiger charge is 2.02. The minimum absolute atomic E-state index is 0.288. The molecule has 0 aliphatic carbocycles. The van der Waals surface area contributed by atoms with Crippen molar-refractivity contribution < 1.29 is 0 Å². The molecule has 17 heavy (non-hydrogen) atoms. The summed E-state index contributed by atoms with van der Waals surface area (Å²) >= 11 is 11.7. The summed E-state index contributed by atoms with van der Waals surface area (Å²) in [5.41, 5.74) is 0.952. The van der Waals surface area contributed by atoms with Crippen LogP contribution in [0.2, 0.25) is 10.0 Å². The number of rotatable bonds is 2. The zero-order valence-corrected chi connectivity index (χ0v) is 10.00. The molecule has 0 bridgehead atoms. The molecule has 1 aromatic carbocycles. The molecule has 0 saturated heterocycles. The first-order chi connectivity index (χ1) is 8.17. The smallest absolute Gasteiger partial charge is 0.228 e. The normalized spacial score (nSPS) is 9.71. The Labute approximate surface area is 108 Å². The lowest BCUT2D eigenvalue weighted by molar-refractivity contribution is 1.14. The Morgan fingerprint density at radius 2 is 1.88 bits per heavy atom. The Morgan fingerprint density at radius 3 is 2.53 bits per heavy atom. The van der Waals surface area contributed by atoms with Crippen LogP contribution < -0.4 is 5.32 Å². The number of nitriles is 1. The van der Waals surface area contributed by atoms with Gasteiger partial charge in [-0.3, -0.25) is 0 Å². The van der Waals surface area contributed by atoms with E-state index in [1.807, 2.05) is 6.07 Å². The fourth-order valence-electron chi connectivity index (χ4n) is 1.24. The lowest BCUT2D eigenvalue weighted by Gasteiger charge is -2.05. The third-order valence-corrected chi connectivity index (χ3v) is 2.33. The van der Waals surface area contributed by atoms with E-state index in [2.05, 4.69) is 15.3 Å². The van der Waals surface area contributed by atoms with Crippen LogP contribution >= 0.6 is 23.2 Å². The Morgan fingerprint density at radius 1 is 1.18 bits per heavy atom. The van der Waals surface area contributed by atoms with Gasteiger partial charge < -0.3 is 5.32 Å². The molecule has 0 radical (unpaired) electrons. The van der Waals surface area contributed by atoms with Gasteiger partial charge in [0, 0.05) is 21.9 Å². The summed E-state index contributed by atoms with van der Waals surface area (Å²) in [5.74, 6) is 0.322. The van der Waals surface area contributed by atoms with Crippen molar-refractivity contribution >= 4 is 34.8 Å². The van der Waals surface area contributed by atoms with Gasteiger partial charge in [-0.1, -0.05) is 23.2 Å². The van der Waals surface area contributed by atoms with Crippen molar-refractivity contribution in [3.63, 3.8) is 0 Å². The molecule has 0 fully saturated rings. The maximum atomic E-state index is 8.71. The van der Waals surface area contributed by atoms with E-state index < -0.39 is 0 Å². The first-order valence-corrected chi connectivity index (χ1v) is 5.39. The topological polar surface area (TPSA) is 61.6 Å². The standard InChI is InChI=1S/C11H6Cl2N4/c12-7-3-8(13)5-10(4-7)17-11-15-2-1-9(6-14)16-11/h1-5H,(H,15,16,17). The molecule has 2 rings (SSSR count). The Balaban J connectivity index is 2.28. The van der Waals surface area contributed by atoms with E-state index in [4.69, 9.17) is 28.5 Å². The zero-order chi connectivity index (χ0) is 12.3. The van der Waals surface area contributed by atoms with Crippen molar-refractivity contribution in [2.24, 2.45) is 0 Å². The summed E-state index contributed by atoms with van der Waals surface area (Å²) in [4.78, 5) is 7.96. The van der Waals surface area contributed by atoms with E-state index >= 15 is 0 Å². The molecule has 1 N–H and O–H groups in total. The molecule has 2 aromatic rings. The highest BCUT2D eigenvalue weighted by molar-refractivity contribution is 6.35. The Hall–Kier alpha value is -1.83. The van der Waals surface area contributed by atoms with Gasteiger partial charge in [0.1, 0.15) is 11.8 Å². The molecule has 0 unspecified atom stereocenters. The quantitative estimate of drug-likeness (QED) is 0.903. The predicted octanol–water partition coefficient (Wildman–Crippen LogP) is 3.40. The van der Waals surface area contributed by atoms with Gasteiger partial charge in [-0.05, 0) is 24.3 Å². The largest absolute Gasteiger partial charge is 0.324 e. The van der Waals surface area contributed by atoms with E-state index in [0.717, 1.165) is 0 Å². The molecule has 0 amide bonds. The summed E-state index contributed by atoms with van der Waals surface area (Å²) in [6.45, 7) is 0. The van der Waals surface area contributed by atoms with Crippen molar-refractivity contribution in [1.29, 1.82) is 5.26 Å². The molecule has 0 atom stereocenters. The predicted molar refractivity (Wildman–Crippen MR) is 66.5 cm³/mol. The van der Waals surface area contributed by atoms with Crippen LogP contribution in [0, 0.1) is 11.3 Å². The van der Waals surface area contributed by atoms with Gasteiger partial charge in [0.25, 0.3) is 0 Å². The van der Waals surface area contributed by atoms with Gasteiger partial charge in [0.05, 0.1) is 0 Å². The number of anilines is 2. The second kappa shape index (κ2) is 5.00. The molecule has 0 saturated carbocycles. The van der Waals surface area contributed by atoms with Crippen LogP contribution in [-0.2, 0) is 0 Å². The van der Waals surface area contributed by atoms with E-state index in [1.54, 1.807) is 18.2 Å². The van der Waals surface area contributed by atoms with Crippen LogP contribution in [0.3, 0.4) is 0 Å². The van der Waals surface area contributed by atoms with Crippen LogP contribution in [-0.4, -0.2) is 9.97 Å². The van der Waals surface area contributed by atoms with Crippen LogP contribution in [0.1, 0.15) is 5.69 Å². The van der Waals surface area contributed by atoms with Crippen molar-refractivity contribution in [3.05, 3.63) is 46.2 Å². The molecule has 1 heterocycles. The fraction of sp³-hybridized carbons (Fsp3) is 0. The van der Waals surface area contributed by atoms with Crippen molar-refractivity contribution in [2.45, 2.75) is 0 Å². The van der Waals surface area contributed by atoms with Gasteiger partial charge in [-0.15, -0.1) is 0 Å². The average molecular weight is 265 g/mol. The van der Waals surface area contributed by atoms with Crippen LogP contribution in [0.5, 0.6) is 0 Å². The van der Waals surface area contributed by atoms with Crippen LogP contribution in [0.4, 0.5) is 11.6 Å². The molecule has 0 aliphatic rings. The van der Waals surface area contributed by atoms with Crippen molar-refractivity contribution in [2.75, 3.05) is 5.32 Å². The maximum Gasteiger partial charge on any atom is 0.228 e. The second-order valence-corrected chi connectivity index (χ2v) is 4.03. The van der Waals surface area contributed by atoms with Gasteiger partial charge in [-0.2, -0.15) is 5.26 Å². The number of aromatic nitrogens is 2. The minimum Gasteiger partial charge on any atom is -0.324 e. The maximum absolute atomic E-state index is 8.71. The monoisotopic (exact) mass is 264 g/mol. The Bertz CT molecular complexity index is 572. The number of nitrogens with one attached hydrogen (secondary N) is 1. The molecule has 84 valence electrons. The minimum atomic E-state index is 0.288. The number of hydrogen-bond acceptors (Lipinski definition) is 4. The summed E-state index contributed by atoms with van der Waals surface area (Å²) in [7, 11) is 0. The molecular formula is C11H6Cl2N4. The number of halogens is 2. The van der Waals surface area contributed by atoms with E-state index in [-0.39, 0.29) is 5.69 Å². The molecule has 0 aliphatic heterocycles. The van der Waals surface area contributed by atoms with Crippen molar-refractivity contribution in [1.82, 2.24) is 9.97 Å². The van der Waals surface area contributed by atoms with E-state index in [0.29, 0.717) is 21.7 Å². The van der Waals surface area contributed by atoms with Crippen molar-refractivity contribution in [3.8, 4) is 6.07 Å². The highest BCUT2D eigenvalue weighted by Crippen LogP contribution is 2.23. The summed E-state index contributed by atoms with van der Waals surface area (Å²) in [6, 6.07) is 8.46. The summed E-state index contributed by atoms with van der Waals surface area (Å²) < 4.78 is 0. The van der Waals surface area contributed by atoms with Crippen LogP contribution in [0.15, 0.2) is 30.5 Å². The van der Waals surface area contributed by atoms with Crippen LogP contribution in [0.25, 0.3) is 0 Å². The molecule has 0 spiro atoms. The molecule has 1 aromatic heterocycles. The lowest BCUT2D eigenvalue weighted by atomic mass is 10.3. The summed E-state index contributed by atoms with van der Waals surface area (Å²) in [6.07, 6.45) is 1.50. The lowest BCUT2D eigenvalue weighted by Crippen LogP contribution is -1.97. The first kappa shape index (κ1) is 11.6. The average Bonchev–Trinajstić information content (AvgIpc) is 2.28. The Kier molecular flexibility index (Phi) is 3.43. The SMILES string of the molecule is N#Cc1ccnc(Nc2cc(Cl)cc(Cl)c2)n1. The van der Waals surface area contributed by atoms with E-state index in [9.17, 15) is 0 Å². The van der Waals surface area contributed by atoms with Gasteiger partial charge in [0.2, 0.25) is 5.95 Å². The van der Waals surface area contributed by atoms with Gasteiger partial charge in [0.15, 0.2) is 0 Å². The van der Waals surface area contributed by atoms with Gasteiger partial charge >= 0.3 is 0 Å². The highest BCUT2D eigenvalue weighted by atomic mass is 35.5. The third-order valence-electron chi connectivity index (χ3n) is 1.89. The summed E-state index contributed by atoms with van der Waals surface area (Å²) in [5, 5.41) is 12.6. The van der Waals surface area contributed by atoms with E-state index in [1.165, 1.54) is 12.3 Å². The number of nitrogens with zero attached hydrogens (tertiary/aromatic N) is 3. The third kappa shape index (κ3) is 3.06. The van der Waals surface area contributed by atoms with Gasteiger partial charge in [-0.25, -0.2) is 9.97 Å². The molecule has 4 nitrogen and oxygen atoms in total. The molecular weight excluding hydrogens is 259 g/mol. The number of hydrogen-bond donors (Lipinski definition) is 1. The molecule has 6 heteroatoms.